The second-order valence-corrected chi connectivity index (χ2v) is 4.06. The van der Waals surface area contributed by atoms with Gasteiger partial charge in [0.1, 0.15) is 0 Å². The molecule has 1 nitrogen and oxygen atoms in total. The highest BCUT2D eigenvalue weighted by molar-refractivity contribution is 4.70. The number of alkyl halides is 3. The minimum atomic E-state index is -4.15. The van der Waals surface area contributed by atoms with Crippen molar-refractivity contribution in [1.82, 2.24) is 0 Å². The Balaban J connectivity index is 3.96. The topological polar surface area (TPSA) is 20.2 Å². The zero-order valence-corrected chi connectivity index (χ0v) is 9.48. The van der Waals surface area contributed by atoms with Crippen LogP contribution in [0.4, 0.5) is 13.2 Å². The summed E-state index contributed by atoms with van der Waals surface area (Å²) in [4.78, 5) is 0. The lowest BCUT2D eigenvalue weighted by Gasteiger charge is -2.22. The van der Waals surface area contributed by atoms with Crippen molar-refractivity contribution < 1.29 is 18.3 Å². The van der Waals surface area contributed by atoms with Crippen molar-refractivity contribution in [2.75, 3.05) is 0 Å². The van der Waals surface area contributed by atoms with Crippen molar-refractivity contribution in [3.8, 4) is 0 Å². The lowest BCUT2D eigenvalue weighted by atomic mass is 9.90. The van der Waals surface area contributed by atoms with Crippen molar-refractivity contribution in [2.24, 2.45) is 5.92 Å². The molecule has 0 radical (unpaired) electrons. The molecular weight excluding hydrogens is 205 g/mol. The van der Waals surface area contributed by atoms with Crippen molar-refractivity contribution in [3.05, 3.63) is 0 Å². The summed E-state index contributed by atoms with van der Waals surface area (Å²) in [5.41, 5.74) is 0. The monoisotopic (exact) mass is 226 g/mol. The number of aliphatic hydroxyl groups is 1. The van der Waals surface area contributed by atoms with Gasteiger partial charge in [-0.05, 0) is 25.2 Å². The van der Waals surface area contributed by atoms with Crippen LogP contribution in [-0.2, 0) is 0 Å². The van der Waals surface area contributed by atoms with Gasteiger partial charge in [0, 0.05) is 6.42 Å². The van der Waals surface area contributed by atoms with Crippen molar-refractivity contribution in [3.63, 3.8) is 0 Å². The van der Waals surface area contributed by atoms with E-state index in [-0.39, 0.29) is 12.3 Å². The molecule has 0 amide bonds. The van der Waals surface area contributed by atoms with Crippen LogP contribution in [0.5, 0.6) is 0 Å². The summed E-state index contributed by atoms with van der Waals surface area (Å²) in [6.45, 7) is 3.97. The van der Waals surface area contributed by atoms with Gasteiger partial charge < -0.3 is 5.11 Å². The zero-order valence-electron chi connectivity index (χ0n) is 9.48. The molecule has 0 rings (SSSR count). The van der Waals surface area contributed by atoms with Crippen LogP contribution in [-0.4, -0.2) is 17.4 Å². The Morgan fingerprint density at radius 2 is 1.47 bits per heavy atom. The second-order valence-electron chi connectivity index (χ2n) is 4.06. The molecule has 92 valence electrons. The van der Waals surface area contributed by atoms with Gasteiger partial charge in [-0.15, -0.1) is 0 Å². The third-order valence-corrected chi connectivity index (χ3v) is 2.59. The van der Waals surface area contributed by atoms with Crippen LogP contribution in [0.2, 0.25) is 0 Å². The first-order chi connectivity index (χ1) is 6.90. The molecule has 1 atom stereocenters. The molecule has 0 aliphatic rings. The van der Waals surface area contributed by atoms with Crippen LogP contribution >= 0.6 is 0 Å². The minimum absolute atomic E-state index is 0.0300. The quantitative estimate of drug-likeness (QED) is 0.698. The van der Waals surface area contributed by atoms with E-state index in [1.807, 2.05) is 13.8 Å². The van der Waals surface area contributed by atoms with Gasteiger partial charge in [0.2, 0.25) is 0 Å². The number of hydrogen-bond acceptors (Lipinski definition) is 1. The molecule has 0 fully saturated rings. The van der Waals surface area contributed by atoms with E-state index < -0.39 is 18.7 Å². The first kappa shape index (κ1) is 14.8. The average Bonchev–Trinajstić information content (AvgIpc) is 2.13. The third kappa shape index (κ3) is 7.65. The van der Waals surface area contributed by atoms with Gasteiger partial charge >= 0.3 is 6.18 Å². The summed E-state index contributed by atoms with van der Waals surface area (Å²) < 4.78 is 35.8. The summed E-state index contributed by atoms with van der Waals surface area (Å²) in [7, 11) is 0. The van der Waals surface area contributed by atoms with Crippen LogP contribution in [0.3, 0.4) is 0 Å². The summed E-state index contributed by atoms with van der Waals surface area (Å²) in [6.07, 6.45) is -2.54. The Bertz CT molecular complexity index is 150. The van der Waals surface area contributed by atoms with E-state index in [1.165, 1.54) is 0 Å². The maximum Gasteiger partial charge on any atom is 0.389 e. The highest BCUT2D eigenvalue weighted by Crippen LogP contribution is 2.27. The molecule has 4 heteroatoms. The van der Waals surface area contributed by atoms with E-state index in [1.54, 1.807) is 0 Å². The third-order valence-electron chi connectivity index (χ3n) is 2.59. The number of hydrogen-bond donors (Lipinski definition) is 1. The van der Waals surface area contributed by atoms with Gasteiger partial charge in [0.25, 0.3) is 0 Å². The summed E-state index contributed by atoms with van der Waals surface area (Å²) >= 11 is 0. The van der Waals surface area contributed by atoms with Gasteiger partial charge in [0.15, 0.2) is 0 Å². The van der Waals surface area contributed by atoms with Gasteiger partial charge in [-0.25, -0.2) is 0 Å². The summed E-state index contributed by atoms with van der Waals surface area (Å²) in [5.74, 6) is 0.0300. The first-order valence-corrected chi connectivity index (χ1v) is 5.65. The lowest BCUT2D eigenvalue weighted by molar-refractivity contribution is -0.141. The molecule has 1 unspecified atom stereocenters. The largest absolute Gasteiger partial charge is 0.393 e. The average molecular weight is 226 g/mol. The molecule has 0 saturated heterocycles. The van der Waals surface area contributed by atoms with Crippen molar-refractivity contribution in [2.45, 2.75) is 64.7 Å². The van der Waals surface area contributed by atoms with Gasteiger partial charge in [-0.1, -0.05) is 26.7 Å². The minimum Gasteiger partial charge on any atom is -0.393 e. The normalized spacial score (nSPS) is 14.6. The fourth-order valence-electron chi connectivity index (χ4n) is 1.82. The predicted octanol–water partition coefficient (Wildman–Crippen LogP) is 3.91. The molecule has 0 aromatic carbocycles. The molecule has 0 heterocycles. The Hall–Kier alpha value is -0.250. The highest BCUT2D eigenvalue weighted by Gasteiger charge is 2.29. The van der Waals surface area contributed by atoms with Crippen LogP contribution in [0.25, 0.3) is 0 Å². The SMILES string of the molecule is CCCC(CCC)C(O)CCC(F)(F)F. The van der Waals surface area contributed by atoms with E-state index in [0.717, 1.165) is 25.7 Å². The highest BCUT2D eigenvalue weighted by atomic mass is 19.4. The van der Waals surface area contributed by atoms with Gasteiger partial charge in [-0.3, -0.25) is 0 Å². The van der Waals surface area contributed by atoms with Crippen molar-refractivity contribution >= 4 is 0 Å². The first-order valence-electron chi connectivity index (χ1n) is 5.65. The standard InChI is InChI=1S/C11H21F3O/c1-3-5-9(6-4-2)10(15)7-8-11(12,13)14/h9-10,15H,3-8H2,1-2H3. The lowest BCUT2D eigenvalue weighted by Crippen LogP contribution is -2.23. The van der Waals surface area contributed by atoms with E-state index >= 15 is 0 Å². The maximum atomic E-state index is 11.9. The summed E-state index contributed by atoms with van der Waals surface area (Å²) in [6, 6.07) is 0. The smallest absolute Gasteiger partial charge is 0.389 e. The fraction of sp³-hybridized carbons (Fsp3) is 1.00. The molecule has 0 aromatic rings. The molecule has 0 spiro atoms. The molecule has 0 aromatic heterocycles. The molecule has 15 heavy (non-hydrogen) atoms. The van der Waals surface area contributed by atoms with Crippen LogP contribution in [0.15, 0.2) is 0 Å². The second kappa shape index (κ2) is 7.09. The molecule has 0 aliphatic carbocycles. The number of aliphatic hydroxyl groups excluding tert-OH is 1. The van der Waals surface area contributed by atoms with E-state index in [9.17, 15) is 18.3 Å². The molecular formula is C11H21F3O. The Kier molecular flexibility index (Phi) is 6.98. The number of rotatable bonds is 7. The molecule has 1 N–H and O–H groups in total. The zero-order chi connectivity index (χ0) is 11.9. The van der Waals surface area contributed by atoms with Gasteiger partial charge in [-0.2, -0.15) is 13.2 Å². The molecule has 0 bridgehead atoms. The van der Waals surface area contributed by atoms with Gasteiger partial charge in [0.05, 0.1) is 6.10 Å². The molecule has 0 saturated carbocycles. The van der Waals surface area contributed by atoms with Crippen molar-refractivity contribution in [1.29, 1.82) is 0 Å². The Labute approximate surface area is 89.7 Å². The maximum absolute atomic E-state index is 11.9. The summed E-state index contributed by atoms with van der Waals surface area (Å²) in [5, 5.41) is 9.63. The Morgan fingerprint density at radius 3 is 1.80 bits per heavy atom. The van der Waals surface area contributed by atoms with E-state index in [0.29, 0.717) is 0 Å². The van der Waals surface area contributed by atoms with Crippen LogP contribution < -0.4 is 0 Å². The van der Waals surface area contributed by atoms with E-state index in [4.69, 9.17) is 0 Å². The van der Waals surface area contributed by atoms with E-state index in [2.05, 4.69) is 0 Å². The predicted molar refractivity (Wildman–Crippen MR) is 54.6 cm³/mol. The Morgan fingerprint density at radius 1 is 1.00 bits per heavy atom. The van der Waals surface area contributed by atoms with Crippen LogP contribution in [0, 0.1) is 5.92 Å². The fourth-order valence-corrected chi connectivity index (χ4v) is 1.82. The number of halogens is 3. The molecule has 0 aliphatic heterocycles. The van der Waals surface area contributed by atoms with Crippen LogP contribution in [0.1, 0.15) is 52.4 Å².